The predicted molar refractivity (Wildman–Crippen MR) is 63.7 cm³/mol. The Morgan fingerprint density at radius 2 is 2.35 bits per heavy atom. The van der Waals surface area contributed by atoms with Crippen LogP contribution in [0.4, 0.5) is 5.82 Å². The van der Waals surface area contributed by atoms with Crippen molar-refractivity contribution in [3.8, 4) is 6.01 Å². The molecule has 1 aromatic rings. The highest BCUT2D eigenvalue weighted by Crippen LogP contribution is 2.23. The fourth-order valence-corrected chi connectivity index (χ4v) is 1.52. The molecule has 1 heterocycles. The summed E-state index contributed by atoms with van der Waals surface area (Å²) in [5.41, 5.74) is 0. The number of halogens is 1. The van der Waals surface area contributed by atoms with Crippen LogP contribution in [0.3, 0.4) is 0 Å². The normalized spacial score (nSPS) is 10.1. The Morgan fingerprint density at radius 3 is 2.94 bits per heavy atom. The fourth-order valence-electron chi connectivity index (χ4n) is 1.28. The molecule has 0 saturated heterocycles. The zero-order chi connectivity index (χ0) is 12.8. The van der Waals surface area contributed by atoms with Gasteiger partial charge in [0.15, 0.2) is 5.82 Å². The van der Waals surface area contributed by atoms with Crippen LogP contribution in [0.1, 0.15) is 12.8 Å². The van der Waals surface area contributed by atoms with Crippen LogP contribution in [-0.4, -0.2) is 41.7 Å². The lowest BCUT2D eigenvalue weighted by Gasteiger charge is -2.18. The summed E-state index contributed by atoms with van der Waals surface area (Å²) < 4.78 is 4.90. The van der Waals surface area contributed by atoms with Gasteiger partial charge < -0.3 is 14.7 Å². The molecule has 0 fully saturated rings. The van der Waals surface area contributed by atoms with Gasteiger partial charge in [0.1, 0.15) is 5.02 Å². The van der Waals surface area contributed by atoms with Crippen molar-refractivity contribution in [2.45, 2.75) is 12.8 Å². The molecule has 0 spiro atoms. The molecule has 0 atom stereocenters. The van der Waals surface area contributed by atoms with E-state index in [1.807, 2.05) is 0 Å². The van der Waals surface area contributed by atoms with Crippen LogP contribution in [0.15, 0.2) is 6.20 Å². The van der Waals surface area contributed by atoms with Crippen LogP contribution < -0.4 is 9.64 Å². The standard InChI is InChI=1S/C10H14ClN3O3/c1-14(5-3-4-8(15)16)9-7(11)6-12-10(13-9)17-2/h6H,3-5H2,1-2H3,(H,15,16). The second-order valence-corrected chi connectivity index (χ2v) is 3.85. The number of aromatic nitrogens is 2. The van der Waals surface area contributed by atoms with Gasteiger partial charge in [-0.05, 0) is 6.42 Å². The van der Waals surface area contributed by atoms with Gasteiger partial charge >= 0.3 is 12.0 Å². The quantitative estimate of drug-likeness (QED) is 0.833. The highest BCUT2D eigenvalue weighted by atomic mass is 35.5. The molecule has 0 amide bonds. The molecular formula is C10H14ClN3O3. The number of anilines is 1. The van der Waals surface area contributed by atoms with E-state index in [9.17, 15) is 4.79 Å². The van der Waals surface area contributed by atoms with E-state index in [2.05, 4.69) is 9.97 Å². The molecule has 0 aliphatic heterocycles. The maximum atomic E-state index is 10.4. The van der Waals surface area contributed by atoms with Crippen LogP contribution in [0.2, 0.25) is 5.02 Å². The van der Waals surface area contributed by atoms with Crippen LogP contribution in [0.5, 0.6) is 6.01 Å². The summed E-state index contributed by atoms with van der Waals surface area (Å²) in [6.07, 6.45) is 2.09. The first-order valence-electron chi connectivity index (χ1n) is 5.04. The van der Waals surface area contributed by atoms with E-state index in [1.54, 1.807) is 11.9 Å². The molecule has 0 saturated carbocycles. The van der Waals surface area contributed by atoms with E-state index < -0.39 is 5.97 Å². The molecule has 1 N–H and O–H groups in total. The lowest BCUT2D eigenvalue weighted by Crippen LogP contribution is -2.21. The monoisotopic (exact) mass is 259 g/mol. The summed E-state index contributed by atoms with van der Waals surface area (Å²) in [6.45, 7) is 0.548. The summed E-state index contributed by atoms with van der Waals surface area (Å²) in [4.78, 5) is 20.1. The molecule has 0 unspecified atom stereocenters. The molecule has 0 aliphatic rings. The minimum atomic E-state index is -0.815. The zero-order valence-corrected chi connectivity index (χ0v) is 10.4. The van der Waals surface area contributed by atoms with Crippen molar-refractivity contribution in [1.29, 1.82) is 0 Å². The maximum absolute atomic E-state index is 10.4. The smallest absolute Gasteiger partial charge is 0.318 e. The van der Waals surface area contributed by atoms with E-state index in [0.29, 0.717) is 23.8 Å². The van der Waals surface area contributed by atoms with Crippen molar-refractivity contribution >= 4 is 23.4 Å². The summed E-state index contributed by atoms with van der Waals surface area (Å²) in [5.74, 6) is -0.284. The number of ether oxygens (including phenoxy) is 1. The SMILES string of the molecule is COc1ncc(Cl)c(N(C)CCCC(=O)O)n1. The molecule has 0 aliphatic carbocycles. The number of nitrogens with zero attached hydrogens (tertiary/aromatic N) is 3. The molecule has 0 aromatic carbocycles. The Balaban J connectivity index is 2.67. The Kier molecular flexibility index (Phi) is 4.96. The second kappa shape index (κ2) is 6.24. The van der Waals surface area contributed by atoms with Crippen LogP contribution in [0, 0.1) is 0 Å². The summed E-state index contributed by atoms with van der Waals surface area (Å²) in [5, 5.41) is 8.95. The van der Waals surface area contributed by atoms with E-state index in [0.717, 1.165) is 0 Å². The van der Waals surface area contributed by atoms with E-state index in [1.165, 1.54) is 13.3 Å². The van der Waals surface area contributed by atoms with E-state index in [4.69, 9.17) is 21.4 Å². The van der Waals surface area contributed by atoms with Crippen LogP contribution in [0.25, 0.3) is 0 Å². The Morgan fingerprint density at radius 1 is 1.65 bits per heavy atom. The van der Waals surface area contributed by atoms with Gasteiger partial charge in [0.05, 0.1) is 13.3 Å². The third-order valence-electron chi connectivity index (χ3n) is 2.13. The molecule has 1 aromatic heterocycles. The minimum Gasteiger partial charge on any atom is -0.481 e. The molecule has 17 heavy (non-hydrogen) atoms. The van der Waals surface area contributed by atoms with Gasteiger partial charge in [-0.15, -0.1) is 0 Å². The molecule has 0 bridgehead atoms. The summed E-state index contributed by atoms with van der Waals surface area (Å²) >= 11 is 5.95. The van der Waals surface area contributed by atoms with Gasteiger partial charge in [0, 0.05) is 20.0 Å². The first kappa shape index (κ1) is 13.5. The van der Waals surface area contributed by atoms with Gasteiger partial charge in [0.25, 0.3) is 0 Å². The Labute approximate surface area is 104 Å². The number of aliphatic carboxylic acids is 1. The fraction of sp³-hybridized carbons (Fsp3) is 0.500. The predicted octanol–water partition coefficient (Wildman–Crippen LogP) is 1.44. The number of rotatable bonds is 6. The van der Waals surface area contributed by atoms with Crippen molar-refractivity contribution in [3.05, 3.63) is 11.2 Å². The number of carboxylic acids is 1. The average Bonchev–Trinajstić information content (AvgIpc) is 2.29. The van der Waals surface area contributed by atoms with Crippen LogP contribution >= 0.6 is 11.6 Å². The summed E-state index contributed by atoms with van der Waals surface area (Å²) in [7, 11) is 3.26. The average molecular weight is 260 g/mol. The molecule has 1 rings (SSSR count). The zero-order valence-electron chi connectivity index (χ0n) is 9.68. The van der Waals surface area contributed by atoms with Crippen molar-refractivity contribution < 1.29 is 14.6 Å². The third kappa shape index (κ3) is 4.07. The Hall–Kier alpha value is -1.56. The van der Waals surface area contributed by atoms with Crippen molar-refractivity contribution in [2.24, 2.45) is 0 Å². The third-order valence-corrected chi connectivity index (χ3v) is 2.40. The van der Waals surface area contributed by atoms with Gasteiger partial charge in [-0.2, -0.15) is 4.98 Å². The van der Waals surface area contributed by atoms with E-state index >= 15 is 0 Å². The Bertz CT molecular complexity index is 400. The van der Waals surface area contributed by atoms with E-state index in [-0.39, 0.29) is 12.4 Å². The lowest BCUT2D eigenvalue weighted by atomic mass is 10.3. The van der Waals surface area contributed by atoms with Crippen molar-refractivity contribution in [2.75, 3.05) is 25.6 Å². The molecule has 6 nitrogen and oxygen atoms in total. The molecule has 7 heteroatoms. The van der Waals surface area contributed by atoms with Gasteiger partial charge in [-0.1, -0.05) is 11.6 Å². The van der Waals surface area contributed by atoms with Gasteiger partial charge in [-0.3, -0.25) is 4.79 Å². The van der Waals surface area contributed by atoms with Crippen molar-refractivity contribution in [1.82, 2.24) is 9.97 Å². The molecule has 94 valence electrons. The maximum Gasteiger partial charge on any atom is 0.318 e. The topological polar surface area (TPSA) is 75.5 Å². The summed E-state index contributed by atoms with van der Waals surface area (Å²) in [6, 6.07) is 0.231. The number of hydrogen-bond acceptors (Lipinski definition) is 5. The molecular weight excluding hydrogens is 246 g/mol. The minimum absolute atomic E-state index is 0.115. The first-order valence-corrected chi connectivity index (χ1v) is 5.42. The van der Waals surface area contributed by atoms with Crippen LogP contribution in [-0.2, 0) is 4.79 Å². The van der Waals surface area contributed by atoms with Crippen molar-refractivity contribution in [3.63, 3.8) is 0 Å². The van der Waals surface area contributed by atoms with Gasteiger partial charge in [0.2, 0.25) is 0 Å². The van der Waals surface area contributed by atoms with Gasteiger partial charge in [-0.25, -0.2) is 4.98 Å². The lowest BCUT2D eigenvalue weighted by molar-refractivity contribution is -0.137. The highest BCUT2D eigenvalue weighted by molar-refractivity contribution is 6.32. The second-order valence-electron chi connectivity index (χ2n) is 3.45. The number of methoxy groups -OCH3 is 1. The number of carboxylic acid groups (broad SMARTS) is 1. The first-order chi connectivity index (χ1) is 8.04. The molecule has 0 radical (unpaired) electrons. The largest absolute Gasteiger partial charge is 0.481 e. The number of hydrogen-bond donors (Lipinski definition) is 1. The highest BCUT2D eigenvalue weighted by Gasteiger charge is 2.10. The number of carbonyl (C=O) groups is 1.